The molecule has 0 bridgehead atoms. The van der Waals surface area contributed by atoms with E-state index >= 15 is 0 Å². The lowest BCUT2D eigenvalue weighted by atomic mass is 9.79. The fraction of sp³-hybridized carbons (Fsp3) is 0.684. The van der Waals surface area contributed by atoms with Gasteiger partial charge >= 0.3 is 6.18 Å². The summed E-state index contributed by atoms with van der Waals surface area (Å²) in [5, 5.41) is 3.57. The van der Waals surface area contributed by atoms with E-state index in [1.165, 1.54) is 18.6 Å². The van der Waals surface area contributed by atoms with E-state index in [1.807, 2.05) is 0 Å². The van der Waals surface area contributed by atoms with Crippen molar-refractivity contribution in [1.82, 2.24) is 10.2 Å². The summed E-state index contributed by atoms with van der Waals surface area (Å²) in [5.41, 5.74) is 1.64. The van der Waals surface area contributed by atoms with E-state index in [0.29, 0.717) is 5.54 Å². The quantitative estimate of drug-likeness (QED) is 0.895. The van der Waals surface area contributed by atoms with Gasteiger partial charge in [0.1, 0.15) is 0 Å². The van der Waals surface area contributed by atoms with Crippen molar-refractivity contribution in [3.63, 3.8) is 0 Å². The monoisotopic (exact) mass is 353 g/mol. The number of halogens is 3. The normalized spacial score (nSPS) is 23.9. The molecule has 0 radical (unpaired) electrons. The molecule has 0 aliphatic carbocycles. The average Bonchev–Trinajstić information content (AvgIpc) is 3.08. The molecule has 138 valence electrons. The van der Waals surface area contributed by atoms with Gasteiger partial charge in [0.2, 0.25) is 0 Å². The number of piperidine rings is 1. The summed E-state index contributed by atoms with van der Waals surface area (Å²) in [6.45, 7) is 5.64. The highest BCUT2D eigenvalue weighted by Gasteiger charge is 2.39. The van der Waals surface area contributed by atoms with Gasteiger partial charge in [-0.1, -0.05) is 6.07 Å². The Morgan fingerprint density at radius 1 is 1.00 bits per heavy atom. The third kappa shape index (κ3) is 3.51. The van der Waals surface area contributed by atoms with E-state index < -0.39 is 11.7 Å². The van der Waals surface area contributed by atoms with Crippen LogP contribution in [0.1, 0.15) is 43.2 Å². The van der Waals surface area contributed by atoms with Gasteiger partial charge in [0.25, 0.3) is 0 Å². The first kappa shape index (κ1) is 17.2. The summed E-state index contributed by atoms with van der Waals surface area (Å²) in [7, 11) is 0. The number of rotatable bonds is 3. The van der Waals surface area contributed by atoms with E-state index in [4.69, 9.17) is 0 Å². The zero-order valence-electron chi connectivity index (χ0n) is 14.5. The van der Waals surface area contributed by atoms with Crippen LogP contribution in [0.2, 0.25) is 0 Å². The van der Waals surface area contributed by atoms with Crippen LogP contribution < -0.4 is 10.2 Å². The minimum Gasteiger partial charge on any atom is -0.371 e. The lowest BCUT2D eigenvalue weighted by Crippen LogP contribution is -2.61. The largest absolute Gasteiger partial charge is 0.416 e. The molecule has 0 amide bonds. The van der Waals surface area contributed by atoms with Gasteiger partial charge in [-0.2, -0.15) is 13.2 Å². The van der Waals surface area contributed by atoms with Gasteiger partial charge in [-0.15, -0.1) is 0 Å². The summed E-state index contributed by atoms with van der Waals surface area (Å²) in [5.74, 6) is 0. The van der Waals surface area contributed by atoms with Crippen molar-refractivity contribution in [1.29, 1.82) is 0 Å². The summed E-state index contributed by atoms with van der Waals surface area (Å²) >= 11 is 0. The van der Waals surface area contributed by atoms with Gasteiger partial charge in [0, 0.05) is 44.0 Å². The maximum absolute atomic E-state index is 13.1. The molecule has 3 aliphatic heterocycles. The van der Waals surface area contributed by atoms with E-state index in [0.717, 1.165) is 76.2 Å². The van der Waals surface area contributed by atoms with Crippen LogP contribution in [0, 0.1) is 0 Å². The maximum Gasteiger partial charge on any atom is 0.416 e. The first-order chi connectivity index (χ1) is 12.0. The van der Waals surface area contributed by atoms with Crippen LogP contribution in [0.15, 0.2) is 18.2 Å². The second-order valence-corrected chi connectivity index (χ2v) is 7.77. The van der Waals surface area contributed by atoms with E-state index in [9.17, 15) is 13.2 Å². The van der Waals surface area contributed by atoms with Crippen molar-refractivity contribution < 1.29 is 13.2 Å². The molecule has 3 saturated heterocycles. The van der Waals surface area contributed by atoms with Crippen molar-refractivity contribution in [3.8, 4) is 0 Å². The number of hydrogen-bond acceptors (Lipinski definition) is 3. The molecule has 4 rings (SSSR count). The zero-order chi connectivity index (χ0) is 17.5. The fourth-order valence-electron chi connectivity index (χ4n) is 4.41. The number of benzene rings is 1. The Hall–Kier alpha value is -1.27. The molecule has 0 unspecified atom stereocenters. The first-order valence-corrected chi connectivity index (χ1v) is 9.38. The zero-order valence-corrected chi connectivity index (χ0v) is 14.5. The third-order valence-corrected chi connectivity index (χ3v) is 6.17. The Bertz CT molecular complexity index is 609. The molecular weight excluding hydrogens is 327 g/mol. The molecule has 25 heavy (non-hydrogen) atoms. The maximum atomic E-state index is 13.1. The molecule has 1 N–H and O–H groups in total. The van der Waals surface area contributed by atoms with E-state index in [1.54, 1.807) is 6.07 Å². The van der Waals surface area contributed by atoms with Crippen LogP contribution >= 0.6 is 0 Å². The lowest BCUT2D eigenvalue weighted by Gasteiger charge is -2.49. The molecule has 0 saturated carbocycles. The molecule has 1 aromatic carbocycles. The Morgan fingerprint density at radius 3 is 2.24 bits per heavy atom. The predicted octanol–water partition coefficient (Wildman–Crippen LogP) is 3.63. The number of alkyl halides is 3. The minimum atomic E-state index is -4.28. The Morgan fingerprint density at radius 2 is 1.68 bits per heavy atom. The van der Waals surface area contributed by atoms with E-state index in [-0.39, 0.29) is 0 Å². The van der Waals surface area contributed by atoms with Crippen LogP contribution in [0.25, 0.3) is 0 Å². The standard InChI is InChI=1S/C19H26F3N3/c20-19(21,22)16-4-3-15(17(13-16)25-9-1-2-10-25)14-24-11-6-18(7-12-24)5-8-23-18/h3-4,13,23H,1-2,5-12,14H2. The fourth-order valence-corrected chi connectivity index (χ4v) is 4.41. The lowest BCUT2D eigenvalue weighted by molar-refractivity contribution is -0.137. The second kappa shape index (κ2) is 6.47. The van der Waals surface area contributed by atoms with Crippen molar-refractivity contribution in [2.75, 3.05) is 37.6 Å². The highest BCUT2D eigenvalue weighted by atomic mass is 19.4. The van der Waals surface area contributed by atoms with Gasteiger partial charge in [-0.25, -0.2) is 0 Å². The average molecular weight is 353 g/mol. The first-order valence-electron chi connectivity index (χ1n) is 9.38. The smallest absolute Gasteiger partial charge is 0.371 e. The molecule has 1 aromatic rings. The molecule has 3 fully saturated rings. The summed E-state index contributed by atoms with van der Waals surface area (Å²) in [6.07, 6.45) is 1.40. The molecule has 3 aliphatic rings. The van der Waals surface area contributed by atoms with Crippen molar-refractivity contribution in [2.45, 2.75) is 50.4 Å². The third-order valence-electron chi connectivity index (χ3n) is 6.17. The predicted molar refractivity (Wildman–Crippen MR) is 92.8 cm³/mol. The highest BCUT2D eigenvalue weighted by Crippen LogP contribution is 2.36. The van der Waals surface area contributed by atoms with Gasteiger partial charge in [-0.05, 0) is 56.3 Å². The number of hydrogen-bond donors (Lipinski definition) is 1. The number of anilines is 1. The van der Waals surface area contributed by atoms with Crippen LogP contribution in [-0.4, -0.2) is 43.2 Å². The molecule has 1 spiro atoms. The molecule has 0 aromatic heterocycles. The summed E-state index contributed by atoms with van der Waals surface area (Å²) < 4.78 is 39.4. The topological polar surface area (TPSA) is 18.5 Å². The van der Waals surface area contributed by atoms with Crippen molar-refractivity contribution in [3.05, 3.63) is 29.3 Å². The Balaban J connectivity index is 1.51. The summed E-state index contributed by atoms with van der Waals surface area (Å²) in [4.78, 5) is 4.52. The van der Waals surface area contributed by atoms with Crippen molar-refractivity contribution in [2.24, 2.45) is 0 Å². The van der Waals surface area contributed by atoms with Gasteiger partial charge in [-0.3, -0.25) is 4.90 Å². The number of nitrogens with one attached hydrogen (secondary N) is 1. The van der Waals surface area contributed by atoms with E-state index in [2.05, 4.69) is 15.1 Å². The minimum absolute atomic E-state index is 0.356. The molecular formula is C19H26F3N3. The van der Waals surface area contributed by atoms with Crippen LogP contribution in [0.3, 0.4) is 0 Å². The van der Waals surface area contributed by atoms with Gasteiger partial charge in [0.05, 0.1) is 5.56 Å². The Labute approximate surface area is 147 Å². The van der Waals surface area contributed by atoms with Crippen LogP contribution in [-0.2, 0) is 12.7 Å². The SMILES string of the molecule is FC(F)(F)c1ccc(CN2CCC3(CCN3)CC2)c(N2CCCC2)c1. The van der Waals surface area contributed by atoms with Crippen LogP contribution in [0.5, 0.6) is 0 Å². The molecule has 0 atom stereocenters. The van der Waals surface area contributed by atoms with Crippen LogP contribution in [0.4, 0.5) is 18.9 Å². The number of likely N-dealkylation sites (tertiary alicyclic amines) is 1. The van der Waals surface area contributed by atoms with Gasteiger partial charge in [0.15, 0.2) is 0 Å². The Kier molecular flexibility index (Phi) is 4.44. The highest BCUT2D eigenvalue weighted by molar-refractivity contribution is 5.56. The molecule has 3 heterocycles. The van der Waals surface area contributed by atoms with Crippen molar-refractivity contribution >= 4 is 5.69 Å². The molecule has 6 heteroatoms. The van der Waals surface area contributed by atoms with Gasteiger partial charge < -0.3 is 10.2 Å². The molecule has 3 nitrogen and oxygen atoms in total. The second-order valence-electron chi connectivity index (χ2n) is 7.77. The number of nitrogens with zero attached hydrogens (tertiary/aromatic N) is 2. The summed E-state index contributed by atoms with van der Waals surface area (Å²) in [6, 6.07) is 4.30.